The second kappa shape index (κ2) is 12.9. The summed E-state index contributed by atoms with van der Waals surface area (Å²) < 4.78 is 37.2. The van der Waals surface area contributed by atoms with E-state index in [4.69, 9.17) is 28.4 Å². The van der Waals surface area contributed by atoms with Gasteiger partial charge < -0.3 is 28.4 Å². The minimum absolute atomic E-state index is 0.113. The molecule has 0 bridgehead atoms. The molecule has 0 spiro atoms. The zero-order chi connectivity index (χ0) is 37.0. The van der Waals surface area contributed by atoms with E-state index in [2.05, 4.69) is 0 Å². The van der Waals surface area contributed by atoms with Crippen LogP contribution in [-0.2, 0) is 62.4 Å². The van der Waals surface area contributed by atoms with Gasteiger partial charge in [0, 0.05) is 13.8 Å². The molecule has 0 amide bonds. The van der Waals surface area contributed by atoms with Gasteiger partial charge in [0.2, 0.25) is 23.1 Å². The average molecular weight is 719 g/mol. The second-order valence-electron chi connectivity index (χ2n) is 14.4. The molecule has 4 aliphatic rings. The van der Waals surface area contributed by atoms with Crippen LogP contribution in [0.5, 0.6) is 0 Å². The molecule has 0 radical (unpaired) electrons. The number of hydrogen-bond donors (Lipinski definition) is 0. The lowest BCUT2D eigenvalue weighted by molar-refractivity contribution is -0.389. The number of ether oxygens (including phenoxy) is 6. The zero-order valence-corrected chi connectivity index (χ0v) is 29.8. The van der Waals surface area contributed by atoms with Crippen LogP contribution in [0.4, 0.5) is 0 Å². The lowest BCUT2D eigenvalue weighted by Gasteiger charge is -2.60. The van der Waals surface area contributed by atoms with E-state index in [0.717, 1.165) is 33.4 Å². The van der Waals surface area contributed by atoms with Crippen molar-refractivity contribution in [2.45, 2.75) is 49.8 Å². The fourth-order valence-electron chi connectivity index (χ4n) is 8.50. The maximum absolute atomic E-state index is 13.2. The van der Waals surface area contributed by atoms with Crippen molar-refractivity contribution in [3.63, 3.8) is 0 Å². The molecule has 4 aliphatic heterocycles. The number of rotatable bonds is 10. The van der Waals surface area contributed by atoms with Crippen LogP contribution >= 0.6 is 0 Å². The van der Waals surface area contributed by atoms with Crippen LogP contribution < -0.4 is 0 Å². The third kappa shape index (κ3) is 5.36. The van der Waals surface area contributed by atoms with Crippen molar-refractivity contribution in [1.29, 1.82) is 0 Å². The Labute approximate surface area is 313 Å². The Morgan fingerprint density at radius 2 is 0.815 bits per heavy atom. The second-order valence-corrected chi connectivity index (χ2v) is 14.4. The highest BCUT2D eigenvalue weighted by Crippen LogP contribution is 2.61. The lowest BCUT2D eigenvalue weighted by atomic mass is 9.66. The average Bonchev–Trinajstić information content (AvgIpc) is 3.19. The summed E-state index contributed by atoms with van der Waals surface area (Å²) in [6.45, 7) is 3.80. The number of esters is 2. The van der Waals surface area contributed by atoms with Crippen LogP contribution in [0.15, 0.2) is 169 Å². The number of hydrogen-bond acceptors (Lipinski definition) is 8. The van der Waals surface area contributed by atoms with Crippen molar-refractivity contribution in [2.75, 3.05) is 0 Å². The highest BCUT2D eigenvalue weighted by atomic mass is 16.8. The Balaban J connectivity index is 0.933. The maximum Gasteiger partial charge on any atom is 0.375 e. The van der Waals surface area contributed by atoms with Crippen LogP contribution in [0.3, 0.4) is 0 Å². The van der Waals surface area contributed by atoms with Crippen molar-refractivity contribution in [3.8, 4) is 0 Å². The first kappa shape index (κ1) is 33.8. The van der Waals surface area contributed by atoms with E-state index in [-0.39, 0.29) is 36.6 Å². The van der Waals surface area contributed by atoms with Gasteiger partial charge in [0.05, 0.1) is 11.8 Å². The standard InChI is InChI=1S/C46H38O8/c1-43-39(45(53-43,33-18-7-3-8-19-33)34-20-9-4-10-21-34)27-37(41(47)51-43)49-29-31-16-15-17-32(26-31)30-50-38-28-40-44(2,52-42(38)48)54-46(40,35-22-11-5-12-23-35)36-24-13-6-14-25-36/h3-28,39-40H,29-30H2,1-2H3. The molecule has 5 aromatic carbocycles. The molecule has 0 aliphatic carbocycles. The SMILES string of the molecule is CC12OC(=O)C(OCc3cccc(COC4=CC5C(C)(OC4=O)OC5(c4ccccc4)c4ccccc4)c3)=CC1C(c1ccccc1)(c1ccccc1)O2. The third-order valence-electron chi connectivity index (χ3n) is 11.0. The van der Waals surface area contributed by atoms with Gasteiger partial charge in [-0.2, -0.15) is 0 Å². The van der Waals surface area contributed by atoms with Gasteiger partial charge >= 0.3 is 11.9 Å². The Kier molecular flexibility index (Phi) is 8.06. The van der Waals surface area contributed by atoms with Crippen molar-refractivity contribution in [1.82, 2.24) is 0 Å². The van der Waals surface area contributed by atoms with E-state index in [9.17, 15) is 9.59 Å². The lowest BCUT2D eigenvalue weighted by Crippen LogP contribution is -2.68. The summed E-state index contributed by atoms with van der Waals surface area (Å²) in [6, 6.07) is 47.4. The molecule has 4 unspecified atom stereocenters. The molecule has 4 heterocycles. The van der Waals surface area contributed by atoms with Gasteiger partial charge in [-0.15, -0.1) is 0 Å². The highest BCUT2D eigenvalue weighted by Gasteiger charge is 2.69. The Morgan fingerprint density at radius 3 is 1.15 bits per heavy atom. The van der Waals surface area contributed by atoms with Gasteiger partial charge in [0.25, 0.3) is 0 Å². The minimum atomic E-state index is -1.15. The molecular weight excluding hydrogens is 680 g/mol. The molecular formula is C46H38O8. The van der Waals surface area contributed by atoms with Crippen molar-refractivity contribution in [2.24, 2.45) is 11.8 Å². The van der Waals surface area contributed by atoms with Gasteiger partial charge in [0.1, 0.15) is 24.4 Å². The van der Waals surface area contributed by atoms with Crippen LogP contribution in [0.1, 0.15) is 47.2 Å². The van der Waals surface area contributed by atoms with E-state index >= 15 is 0 Å². The Morgan fingerprint density at radius 1 is 0.481 bits per heavy atom. The summed E-state index contributed by atoms with van der Waals surface area (Å²) in [5, 5.41) is 0. The summed E-state index contributed by atoms with van der Waals surface area (Å²) in [5.74, 6) is -3.88. The molecule has 0 aromatic heterocycles. The molecule has 4 atom stereocenters. The number of carbonyl (C=O) groups excluding carboxylic acids is 2. The van der Waals surface area contributed by atoms with Gasteiger partial charge in [-0.1, -0.05) is 140 Å². The van der Waals surface area contributed by atoms with Crippen LogP contribution in [0.2, 0.25) is 0 Å². The zero-order valence-electron chi connectivity index (χ0n) is 29.8. The number of fused-ring (bicyclic) bond motifs is 2. The monoisotopic (exact) mass is 718 g/mol. The quantitative estimate of drug-likeness (QED) is 0.134. The molecule has 0 saturated carbocycles. The molecule has 2 fully saturated rings. The first-order valence-electron chi connectivity index (χ1n) is 18.1. The van der Waals surface area contributed by atoms with Crippen LogP contribution in [-0.4, -0.2) is 23.5 Å². The van der Waals surface area contributed by atoms with E-state index in [1.807, 2.05) is 158 Å². The predicted octanol–water partition coefficient (Wildman–Crippen LogP) is 8.21. The summed E-state index contributed by atoms with van der Waals surface area (Å²) in [6.07, 6.45) is 3.68. The molecule has 5 aromatic rings. The highest BCUT2D eigenvalue weighted by molar-refractivity contribution is 5.88. The molecule has 9 rings (SSSR count). The number of benzene rings is 5. The van der Waals surface area contributed by atoms with Crippen molar-refractivity contribution in [3.05, 3.63) is 203 Å². The van der Waals surface area contributed by atoms with Crippen LogP contribution in [0.25, 0.3) is 0 Å². The van der Waals surface area contributed by atoms with E-state index < -0.39 is 34.7 Å². The smallest absolute Gasteiger partial charge is 0.375 e. The molecule has 2 saturated heterocycles. The van der Waals surface area contributed by atoms with E-state index in [1.165, 1.54) is 0 Å². The summed E-state index contributed by atoms with van der Waals surface area (Å²) in [5.41, 5.74) is 3.73. The Bertz CT molecular complexity index is 2030. The van der Waals surface area contributed by atoms with Crippen LogP contribution in [0, 0.1) is 11.8 Å². The van der Waals surface area contributed by atoms with Crippen molar-refractivity contribution < 1.29 is 38.0 Å². The maximum atomic E-state index is 13.2. The summed E-state index contributed by atoms with van der Waals surface area (Å²) >= 11 is 0. The molecule has 8 nitrogen and oxygen atoms in total. The van der Waals surface area contributed by atoms with Gasteiger partial charge in [-0.05, 0) is 51.6 Å². The topological polar surface area (TPSA) is 89.5 Å². The molecule has 270 valence electrons. The first-order valence-corrected chi connectivity index (χ1v) is 18.1. The van der Waals surface area contributed by atoms with E-state index in [1.54, 1.807) is 13.8 Å². The molecule has 54 heavy (non-hydrogen) atoms. The summed E-state index contributed by atoms with van der Waals surface area (Å²) in [7, 11) is 0. The summed E-state index contributed by atoms with van der Waals surface area (Å²) in [4.78, 5) is 26.4. The fraction of sp³-hybridized carbons (Fsp3) is 0.217. The first-order chi connectivity index (χ1) is 26.2. The van der Waals surface area contributed by atoms with Gasteiger partial charge in [-0.3, -0.25) is 0 Å². The Hall–Kier alpha value is -5.96. The van der Waals surface area contributed by atoms with E-state index in [0.29, 0.717) is 0 Å². The van der Waals surface area contributed by atoms with Gasteiger partial charge in [-0.25, -0.2) is 9.59 Å². The largest absolute Gasteiger partial charge is 0.482 e. The molecule has 0 N–H and O–H groups in total. The van der Waals surface area contributed by atoms with Crippen molar-refractivity contribution >= 4 is 11.9 Å². The third-order valence-corrected chi connectivity index (χ3v) is 11.0. The number of carbonyl (C=O) groups is 2. The fourth-order valence-corrected chi connectivity index (χ4v) is 8.50. The minimum Gasteiger partial charge on any atom is -0.482 e. The molecule has 8 heteroatoms. The predicted molar refractivity (Wildman–Crippen MR) is 198 cm³/mol. The normalized spacial score (nSPS) is 25.9. The van der Waals surface area contributed by atoms with Gasteiger partial charge in [0.15, 0.2) is 0 Å².